The zero-order chi connectivity index (χ0) is 18.2. The van der Waals surface area contributed by atoms with Gasteiger partial charge in [0.15, 0.2) is 5.94 Å². The average Bonchev–Trinajstić information content (AvgIpc) is 2.53. The molecule has 0 aliphatic carbocycles. The van der Waals surface area contributed by atoms with E-state index in [9.17, 15) is 4.21 Å². The topological polar surface area (TPSA) is 26.3 Å². The van der Waals surface area contributed by atoms with Gasteiger partial charge in [0.25, 0.3) is 0 Å². The number of rotatable bonds is 3. The van der Waals surface area contributed by atoms with Crippen LogP contribution in [0.4, 0.5) is 0 Å². The molecule has 3 heteroatoms. The van der Waals surface area contributed by atoms with Crippen LogP contribution in [0.5, 0.6) is 5.75 Å². The Balaban J connectivity index is 2.21. The Labute approximate surface area is 154 Å². The lowest BCUT2D eigenvalue weighted by molar-refractivity contribution is 0.365. The number of hydrogen-bond donors (Lipinski definition) is 0. The smallest absolute Gasteiger partial charge is 0.164 e. The van der Waals surface area contributed by atoms with Crippen LogP contribution in [0, 0.1) is 5.92 Å². The summed E-state index contributed by atoms with van der Waals surface area (Å²) < 4.78 is 18.8. The summed E-state index contributed by atoms with van der Waals surface area (Å²) in [4.78, 5) is 0. The summed E-state index contributed by atoms with van der Waals surface area (Å²) in [5.74, 6) is 1.77. The molecule has 2 aromatic rings. The lowest BCUT2D eigenvalue weighted by Crippen LogP contribution is -2.24. The van der Waals surface area contributed by atoms with Gasteiger partial charge in [0.1, 0.15) is 5.75 Å². The zero-order valence-corrected chi connectivity index (χ0v) is 16.7. The van der Waals surface area contributed by atoms with E-state index in [0.29, 0.717) is 5.92 Å². The molecule has 0 radical (unpaired) electrons. The van der Waals surface area contributed by atoms with Gasteiger partial charge in [-0.1, -0.05) is 71.0 Å². The van der Waals surface area contributed by atoms with Crippen LogP contribution >= 0.6 is 0 Å². The minimum Gasteiger partial charge on any atom is -0.480 e. The SMILES string of the molecule is CC(C)Cc1cc(C(C)(C)C)cc2c1OCS(=O)C2c1ccccc1. The molecule has 0 N–H and O–H groups in total. The van der Waals surface area contributed by atoms with Crippen molar-refractivity contribution in [1.82, 2.24) is 0 Å². The molecule has 0 saturated heterocycles. The average molecular weight is 357 g/mol. The first-order valence-corrected chi connectivity index (χ1v) is 10.4. The predicted octanol–water partition coefficient (Wildman–Crippen LogP) is 5.37. The van der Waals surface area contributed by atoms with Crippen molar-refractivity contribution in [2.24, 2.45) is 5.92 Å². The number of benzene rings is 2. The maximum absolute atomic E-state index is 12.8. The van der Waals surface area contributed by atoms with Crippen molar-refractivity contribution in [2.75, 3.05) is 5.94 Å². The Morgan fingerprint density at radius 2 is 1.84 bits per heavy atom. The van der Waals surface area contributed by atoms with E-state index in [2.05, 4.69) is 58.9 Å². The van der Waals surface area contributed by atoms with Crippen molar-refractivity contribution in [2.45, 2.75) is 51.7 Å². The molecule has 2 nitrogen and oxygen atoms in total. The Morgan fingerprint density at radius 3 is 2.44 bits per heavy atom. The van der Waals surface area contributed by atoms with Gasteiger partial charge in [-0.15, -0.1) is 0 Å². The summed E-state index contributed by atoms with van der Waals surface area (Å²) in [6.45, 7) is 11.1. The van der Waals surface area contributed by atoms with Gasteiger partial charge in [-0.2, -0.15) is 0 Å². The van der Waals surface area contributed by atoms with Gasteiger partial charge in [0.2, 0.25) is 0 Å². The van der Waals surface area contributed by atoms with Crippen molar-refractivity contribution in [3.63, 3.8) is 0 Å². The number of ether oxygens (including phenoxy) is 1. The van der Waals surface area contributed by atoms with Crippen molar-refractivity contribution in [1.29, 1.82) is 0 Å². The van der Waals surface area contributed by atoms with Crippen LogP contribution in [0.15, 0.2) is 42.5 Å². The highest BCUT2D eigenvalue weighted by molar-refractivity contribution is 7.85. The summed E-state index contributed by atoms with van der Waals surface area (Å²) >= 11 is 0. The molecule has 134 valence electrons. The summed E-state index contributed by atoms with van der Waals surface area (Å²) in [7, 11) is -1.07. The monoisotopic (exact) mass is 356 g/mol. The van der Waals surface area contributed by atoms with Gasteiger partial charge in [0, 0.05) is 5.56 Å². The minimum absolute atomic E-state index is 0.0426. The fourth-order valence-corrected chi connectivity index (χ4v) is 4.68. The fraction of sp³-hybridized carbons (Fsp3) is 0.455. The van der Waals surface area contributed by atoms with Gasteiger partial charge in [0.05, 0.1) is 16.0 Å². The number of fused-ring (bicyclic) bond motifs is 1. The lowest BCUT2D eigenvalue weighted by Gasteiger charge is -2.31. The summed E-state index contributed by atoms with van der Waals surface area (Å²) in [6.07, 6.45) is 0.973. The normalized spacial score (nSPS) is 20.2. The molecule has 0 fully saturated rings. The Morgan fingerprint density at radius 1 is 1.16 bits per heavy atom. The molecule has 0 saturated carbocycles. The van der Waals surface area contributed by atoms with E-state index in [4.69, 9.17) is 4.74 Å². The molecular weight excluding hydrogens is 328 g/mol. The zero-order valence-electron chi connectivity index (χ0n) is 15.8. The van der Waals surface area contributed by atoms with Gasteiger partial charge in [-0.25, -0.2) is 0 Å². The first kappa shape index (κ1) is 18.2. The molecule has 1 heterocycles. The van der Waals surface area contributed by atoms with Gasteiger partial charge in [-0.3, -0.25) is 4.21 Å². The molecular formula is C22H28O2S. The van der Waals surface area contributed by atoms with Crippen LogP contribution in [-0.2, 0) is 22.6 Å². The second-order valence-electron chi connectivity index (χ2n) is 8.34. The Hall–Kier alpha value is -1.61. The largest absolute Gasteiger partial charge is 0.480 e. The summed E-state index contributed by atoms with van der Waals surface area (Å²) in [6, 6.07) is 14.7. The predicted molar refractivity (Wildman–Crippen MR) is 106 cm³/mol. The van der Waals surface area contributed by atoms with Crippen LogP contribution in [0.1, 0.15) is 62.1 Å². The van der Waals surface area contributed by atoms with Crippen molar-refractivity contribution in [3.8, 4) is 5.75 Å². The van der Waals surface area contributed by atoms with Crippen molar-refractivity contribution in [3.05, 3.63) is 64.7 Å². The van der Waals surface area contributed by atoms with E-state index in [-0.39, 0.29) is 16.6 Å². The third-order valence-corrected chi connectivity index (χ3v) is 6.06. The van der Waals surface area contributed by atoms with Crippen LogP contribution < -0.4 is 4.74 Å². The molecule has 1 aliphatic heterocycles. The molecule has 0 spiro atoms. The fourth-order valence-electron chi connectivity index (χ4n) is 3.39. The van der Waals surface area contributed by atoms with Gasteiger partial charge < -0.3 is 4.74 Å². The van der Waals surface area contributed by atoms with E-state index in [1.54, 1.807) is 0 Å². The lowest BCUT2D eigenvalue weighted by atomic mass is 9.82. The molecule has 2 unspecified atom stereocenters. The van der Waals surface area contributed by atoms with Gasteiger partial charge >= 0.3 is 0 Å². The third-order valence-electron chi connectivity index (χ3n) is 4.66. The van der Waals surface area contributed by atoms with E-state index >= 15 is 0 Å². The first-order valence-electron chi connectivity index (χ1n) is 8.99. The van der Waals surface area contributed by atoms with Crippen LogP contribution in [0.2, 0.25) is 0 Å². The van der Waals surface area contributed by atoms with Crippen molar-refractivity contribution < 1.29 is 8.95 Å². The van der Waals surface area contributed by atoms with E-state index in [0.717, 1.165) is 23.3 Å². The first-order chi connectivity index (χ1) is 11.8. The van der Waals surface area contributed by atoms with Crippen molar-refractivity contribution >= 4 is 10.8 Å². The quantitative estimate of drug-likeness (QED) is 0.739. The van der Waals surface area contributed by atoms with Crippen LogP contribution in [-0.4, -0.2) is 10.1 Å². The Bertz CT molecular complexity index is 773. The second-order valence-corrected chi connectivity index (χ2v) is 9.80. The summed E-state index contributed by atoms with van der Waals surface area (Å²) in [5, 5.41) is -0.113. The molecule has 25 heavy (non-hydrogen) atoms. The molecule has 3 rings (SSSR count). The molecule has 2 atom stereocenters. The molecule has 1 aliphatic rings. The van der Waals surface area contributed by atoms with Crippen LogP contribution in [0.3, 0.4) is 0 Å². The van der Waals surface area contributed by atoms with Gasteiger partial charge in [-0.05, 0) is 40.5 Å². The Kier molecular flexibility index (Phi) is 5.06. The molecule has 2 aromatic carbocycles. The molecule has 0 amide bonds. The standard InChI is InChI=1S/C22H28O2S/c1-15(2)11-17-12-18(22(3,4)5)13-19-20(17)24-14-25(23)21(19)16-9-7-6-8-10-16/h6-10,12-13,15,21H,11,14H2,1-5H3. The third kappa shape index (κ3) is 3.82. The number of hydrogen-bond acceptors (Lipinski definition) is 2. The van der Waals surface area contributed by atoms with E-state index in [1.165, 1.54) is 11.1 Å². The van der Waals surface area contributed by atoms with E-state index < -0.39 is 10.8 Å². The highest BCUT2D eigenvalue weighted by atomic mass is 32.2. The highest BCUT2D eigenvalue weighted by Crippen LogP contribution is 2.43. The minimum atomic E-state index is -1.07. The maximum Gasteiger partial charge on any atom is 0.164 e. The molecule has 0 aromatic heterocycles. The summed E-state index contributed by atoms with van der Waals surface area (Å²) in [5.41, 5.74) is 4.76. The molecule has 0 bridgehead atoms. The van der Waals surface area contributed by atoms with E-state index in [1.807, 2.05) is 18.2 Å². The second kappa shape index (κ2) is 6.95. The highest BCUT2D eigenvalue weighted by Gasteiger charge is 2.32. The maximum atomic E-state index is 12.8. The van der Waals surface area contributed by atoms with Crippen LogP contribution in [0.25, 0.3) is 0 Å².